The fraction of sp³-hybridized carbons (Fsp3) is 0.667. The van der Waals surface area contributed by atoms with Crippen molar-refractivity contribution in [3.05, 3.63) is 0 Å². The van der Waals surface area contributed by atoms with Crippen molar-refractivity contribution < 1.29 is 34.2 Å². The maximum atomic E-state index is 12.8. The van der Waals surface area contributed by atoms with Crippen molar-refractivity contribution in [2.45, 2.75) is 57.3 Å². The number of aliphatic carboxylic acids is 1. The molecule has 0 radical (unpaired) electrons. The van der Waals surface area contributed by atoms with Crippen LogP contribution in [-0.2, 0) is 24.0 Å². The van der Waals surface area contributed by atoms with Crippen molar-refractivity contribution in [2.24, 2.45) is 33.8 Å². The largest absolute Gasteiger partial charge is 0.480 e. The topological polar surface area (TPSA) is 278 Å². The van der Waals surface area contributed by atoms with Gasteiger partial charge in [0.1, 0.15) is 18.1 Å². The Morgan fingerprint density at radius 1 is 0.909 bits per heavy atom. The second kappa shape index (κ2) is 14.6. The van der Waals surface area contributed by atoms with Gasteiger partial charge in [0.2, 0.25) is 23.6 Å². The summed E-state index contributed by atoms with van der Waals surface area (Å²) in [5, 5.41) is 24.8. The Morgan fingerprint density at radius 2 is 1.48 bits per heavy atom. The Bertz CT molecular complexity index is 739. The molecule has 0 spiro atoms. The number of nitrogens with zero attached hydrogens (tertiary/aromatic N) is 1. The van der Waals surface area contributed by atoms with Gasteiger partial charge in [0.05, 0.1) is 19.1 Å². The molecule has 4 atom stereocenters. The quantitative estimate of drug-likeness (QED) is 0.0622. The summed E-state index contributed by atoms with van der Waals surface area (Å²) in [5.74, 6) is -5.49. The Balaban J connectivity index is 5.23. The van der Waals surface area contributed by atoms with Crippen molar-refractivity contribution in [1.29, 1.82) is 0 Å². The smallest absolute Gasteiger partial charge is 0.328 e. The minimum atomic E-state index is -1.65. The monoisotopic (exact) mass is 474 g/mol. The van der Waals surface area contributed by atoms with Gasteiger partial charge in [-0.05, 0) is 18.8 Å². The maximum absolute atomic E-state index is 12.8. The number of guanidine groups is 1. The van der Waals surface area contributed by atoms with Crippen LogP contribution < -0.4 is 38.9 Å². The summed E-state index contributed by atoms with van der Waals surface area (Å²) in [6, 6.07) is -5.27. The van der Waals surface area contributed by atoms with Crippen LogP contribution in [0, 0.1) is 5.92 Å². The van der Waals surface area contributed by atoms with E-state index in [1.54, 1.807) is 13.8 Å². The van der Waals surface area contributed by atoms with Crippen LogP contribution >= 0.6 is 0 Å². The highest BCUT2D eigenvalue weighted by Gasteiger charge is 2.32. The Hall–Kier alpha value is -3.46. The summed E-state index contributed by atoms with van der Waals surface area (Å²) >= 11 is 0. The van der Waals surface area contributed by atoms with Crippen LogP contribution in [-0.4, -0.2) is 83.1 Å². The molecule has 0 aromatic carbocycles. The third-order valence-corrected chi connectivity index (χ3v) is 4.39. The molecule has 0 saturated heterocycles. The number of carboxylic acid groups (broad SMARTS) is 1. The molecule has 15 nitrogen and oxygen atoms in total. The number of amides is 4. The molecular formula is C18H34N8O7. The van der Waals surface area contributed by atoms with Crippen LogP contribution in [0.4, 0.5) is 0 Å². The summed E-state index contributed by atoms with van der Waals surface area (Å²) in [4.78, 5) is 63.6. The van der Waals surface area contributed by atoms with Crippen LogP contribution in [0.25, 0.3) is 0 Å². The van der Waals surface area contributed by atoms with Gasteiger partial charge < -0.3 is 49.1 Å². The molecule has 0 aromatic heterocycles. The molecule has 0 fully saturated rings. The van der Waals surface area contributed by atoms with Crippen LogP contribution in [0.2, 0.25) is 0 Å². The van der Waals surface area contributed by atoms with Crippen LogP contribution in [0.3, 0.4) is 0 Å². The second-order valence-electron chi connectivity index (χ2n) is 7.60. The number of aliphatic hydroxyl groups excluding tert-OH is 1. The lowest BCUT2D eigenvalue weighted by Crippen LogP contribution is -2.59. The first-order valence-electron chi connectivity index (χ1n) is 10.1. The number of primary amides is 1. The van der Waals surface area contributed by atoms with E-state index in [9.17, 15) is 24.0 Å². The first-order chi connectivity index (χ1) is 15.3. The average Bonchev–Trinajstić information content (AvgIpc) is 2.70. The Labute approximate surface area is 190 Å². The molecular weight excluding hydrogens is 440 g/mol. The lowest BCUT2D eigenvalue weighted by Gasteiger charge is -2.26. The van der Waals surface area contributed by atoms with E-state index < -0.39 is 72.7 Å². The minimum Gasteiger partial charge on any atom is -0.480 e. The molecule has 0 aliphatic carbocycles. The zero-order valence-electron chi connectivity index (χ0n) is 18.6. The number of hydrogen-bond donors (Lipinski definition) is 9. The predicted molar refractivity (Wildman–Crippen MR) is 117 cm³/mol. The number of carbonyl (C=O) groups is 5. The standard InChI is InChI=1S/C18H34N8O7/c1-8(2)13(26-14(29)9(19)4-3-5-23-18(21)22)16(31)24-10(6-12(20)28)15(30)25-11(7-27)17(32)33/h8-11,13,27H,3-7,19H2,1-2H3,(H2,20,28)(H,24,31)(H,25,30)(H,26,29)(H,32,33)(H4,21,22,23). The van der Waals surface area contributed by atoms with Crippen LogP contribution in [0.5, 0.6) is 0 Å². The van der Waals surface area contributed by atoms with E-state index >= 15 is 0 Å². The summed E-state index contributed by atoms with van der Waals surface area (Å²) in [6.07, 6.45) is 0.0133. The molecule has 33 heavy (non-hydrogen) atoms. The van der Waals surface area contributed by atoms with E-state index in [0.717, 1.165) is 0 Å². The van der Waals surface area contributed by atoms with Gasteiger partial charge in [-0.25, -0.2) is 4.79 Å². The van der Waals surface area contributed by atoms with E-state index in [2.05, 4.69) is 15.6 Å². The molecule has 0 rings (SSSR count). The lowest BCUT2D eigenvalue weighted by atomic mass is 10.0. The number of nitrogens with one attached hydrogen (secondary N) is 3. The average molecular weight is 475 g/mol. The number of aliphatic imine (C=N–C) groups is 1. The fourth-order valence-electron chi connectivity index (χ4n) is 2.58. The Kier molecular flexibility index (Phi) is 13.0. The van der Waals surface area contributed by atoms with Gasteiger partial charge >= 0.3 is 5.97 Å². The van der Waals surface area contributed by atoms with Crippen LogP contribution in [0.15, 0.2) is 4.99 Å². The maximum Gasteiger partial charge on any atom is 0.328 e. The van der Waals surface area contributed by atoms with Gasteiger partial charge in [-0.1, -0.05) is 13.8 Å². The number of aliphatic hydroxyl groups is 1. The summed E-state index contributed by atoms with van der Waals surface area (Å²) in [6.45, 7) is 2.62. The van der Waals surface area contributed by atoms with Gasteiger partial charge in [-0.15, -0.1) is 0 Å². The molecule has 0 aliphatic rings. The van der Waals surface area contributed by atoms with E-state index in [0.29, 0.717) is 6.42 Å². The highest BCUT2D eigenvalue weighted by molar-refractivity contribution is 5.96. The van der Waals surface area contributed by atoms with Gasteiger partial charge in [-0.3, -0.25) is 24.2 Å². The normalized spacial score (nSPS) is 14.3. The molecule has 0 saturated carbocycles. The highest BCUT2D eigenvalue weighted by atomic mass is 16.4. The molecule has 0 aromatic rings. The molecule has 0 bridgehead atoms. The third-order valence-electron chi connectivity index (χ3n) is 4.39. The van der Waals surface area contributed by atoms with Crippen LogP contribution in [0.1, 0.15) is 33.1 Å². The molecule has 15 heteroatoms. The molecule has 4 amide bonds. The SMILES string of the molecule is CC(C)C(NC(=O)C(N)CCCN=C(N)N)C(=O)NC(CC(N)=O)C(=O)NC(CO)C(=O)O. The molecule has 13 N–H and O–H groups in total. The van der Waals surface area contributed by atoms with Gasteiger partial charge in [-0.2, -0.15) is 0 Å². The van der Waals surface area contributed by atoms with Crippen molar-refractivity contribution in [3.63, 3.8) is 0 Å². The van der Waals surface area contributed by atoms with E-state index in [1.807, 2.05) is 5.32 Å². The summed E-state index contributed by atoms with van der Waals surface area (Å²) in [5.41, 5.74) is 21.4. The third kappa shape index (κ3) is 11.6. The van der Waals surface area contributed by atoms with E-state index in [-0.39, 0.29) is 18.9 Å². The van der Waals surface area contributed by atoms with Crippen molar-refractivity contribution >= 4 is 35.6 Å². The number of nitrogens with two attached hydrogens (primary N) is 4. The van der Waals surface area contributed by atoms with E-state index in [4.69, 9.17) is 33.1 Å². The first kappa shape index (κ1) is 29.5. The number of hydrogen-bond acceptors (Lipinski definition) is 8. The van der Waals surface area contributed by atoms with Gasteiger partial charge in [0, 0.05) is 6.54 Å². The van der Waals surface area contributed by atoms with Crippen molar-refractivity contribution in [1.82, 2.24) is 16.0 Å². The number of rotatable bonds is 15. The molecule has 0 heterocycles. The van der Waals surface area contributed by atoms with E-state index in [1.165, 1.54) is 0 Å². The summed E-state index contributed by atoms with van der Waals surface area (Å²) < 4.78 is 0. The predicted octanol–water partition coefficient (Wildman–Crippen LogP) is -4.57. The number of carbonyl (C=O) groups excluding carboxylic acids is 4. The highest BCUT2D eigenvalue weighted by Crippen LogP contribution is 2.06. The molecule has 188 valence electrons. The fourth-order valence-corrected chi connectivity index (χ4v) is 2.58. The Morgan fingerprint density at radius 3 is 1.94 bits per heavy atom. The second-order valence-corrected chi connectivity index (χ2v) is 7.60. The van der Waals surface area contributed by atoms with Crippen molar-refractivity contribution in [2.75, 3.05) is 13.2 Å². The zero-order valence-corrected chi connectivity index (χ0v) is 18.6. The minimum absolute atomic E-state index is 0.0900. The molecule has 0 aliphatic heterocycles. The first-order valence-corrected chi connectivity index (χ1v) is 10.1. The number of carboxylic acids is 1. The summed E-state index contributed by atoms with van der Waals surface area (Å²) in [7, 11) is 0. The van der Waals surface area contributed by atoms with Gasteiger partial charge in [0.15, 0.2) is 5.96 Å². The zero-order chi connectivity index (χ0) is 25.7. The lowest BCUT2D eigenvalue weighted by molar-refractivity contribution is -0.143. The van der Waals surface area contributed by atoms with Crippen molar-refractivity contribution in [3.8, 4) is 0 Å². The molecule has 4 unspecified atom stereocenters. The van der Waals surface area contributed by atoms with Gasteiger partial charge in [0.25, 0.3) is 0 Å².